The molecule has 5 nitrogen and oxygen atoms in total. The van der Waals surface area contributed by atoms with Crippen molar-refractivity contribution < 1.29 is 9.59 Å². The maximum atomic E-state index is 12.1. The first-order valence-corrected chi connectivity index (χ1v) is 9.02. The Labute approximate surface area is 159 Å². The van der Waals surface area contributed by atoms with Crippen molar-refractivity contribution in [1.29, 1.82) is 0 Å². The SMILES string of the molecule is CCCCC(=O)NC(=S)Nc1cccc(NC(=O)Cc2ccccc2)c1. The summed E-state index contributed by atoms with van der Waals surface area (Å²) in [6, 6.07) is 16.8. The Balaban J connectivity index is 1.88. The molecular formula is C20H23N3O2S. The van der Waals surface area contributed by atoms with E-state index in [0.717, 1.165) is 18.4 Å². The maximum Gasteiger partial charge on any atom is 0.228 e. The number of hydrogen-bond acceptors (Lipinski definition) is 3. The highest BCUT2D eigenvalue weighted by atomic mass is 32.1. The van der Waals surface area contributed by atoms with Gasteiger partial charge in [-0.25, -0.2) is 0 Å². The topological polar surface area (TPSA) is 70.2 Å². The van der Waals surface area contributed by atoms with E-state index in [9.17, 15) is 9.59 Å². The lowest BCUT2D eigenvalue weighted by Gasteiger charge is -2.11. The van der Waals surface area contributed by atoms with Crippen molar-refractivity contribution in [3.63, 3.8) is 0 Å². The molecule has 3 N–H and O–H groups in total. The molecule has 2 rings (SSSR count). The Morgan fingerprint density at radius 2 is 1.62 bits per heavy atom. The predicted octanol–water partition coefficient (Wildman–Crippen LogP) is 3.87. The van der Waals surface area contributed by atoms with Crippen LogP contribution in [-0.4, -0.2) is 16.9 Å². The third-order valence-electron chi connectivity index (χ3n) is 3.62. The average molecular weight is 369 g/mol. The highest BCUT2D eigenvalue weighted by molar-refractivity contribution is 7.80. The molecule has 0 aliphatic carbocycles. The van der Waals surface area contributed by atoms with E-state index < -0.39 is 0 Å². The first kappa shape index (κ1) is 19.6. The van der Waals surface area contributed by atoms with Gasteiger partial charge in [-0.2, -0.15) is 0 Å². The van der Waals surface area contributed by atoms with Crippen LogP contribution >= 0.6 is 12.2 Å². The van der Waals surface area contributed by atoms with Crippen LogP contribution in [0.25, 0.3) is 0 Å². The van der Waals surface area contributed by atoms with Crippen molar-refractivity contribution in [2.45, 2.75) is 32.6 Å². The van der Waals surface area contributed by atoms with Crippen LogP contribution in [0.2, 0.25) is 0 Å². The number of thiocarbonyl (C=S) groups is 1. The van der Waals surface area contributed by atoms with Crippen LogP contribution in [0.4, 0.5) is 11.4 Å². The Morgan fingerprint density at radius 3 is 2.31 bits per heavy atom. The van der Waals surface area contributed by atoms with Gasteiger partial charge >= 0.3 is 0 Å². The fourth-order valence-corrected chi connectivity index (χ4v) is 2.58. The number of anilines is 2. The minimum Gasteiger partial charge on any atom is -0.332 e. The average Bonchev–Trinajstić information content (AvgIpc) is 2.60. The van der Waals surface area contributed by atoms with E-state index >= 15 is 0 Å². The normalized spacial score (nSPS) is 10.0. The van der Waals surface area contributed by atoms with Crippen molar-refractivity contribution in [3.05, 3.63) is 60.2 Å². The molecule has 0 saturated carbocycles. The van der Waals surface area contributed by atoms with E-state index in [-0.39, 0.29) is 16.9 Å². The molecular weight excluding hydrogens is 346 g/mol. The summed E-state index contributed by atoms with van der Waals surface area (Å²) in [5, 5.41) is 8.72. The zero-order valence-electron chi connectivity index (χ0n) is 14.7. The number of rotatable bonds is 7. The largest absolute Gasteiger partial charge is 0.332 e. The van der Waals surface area contributed by atoms with E-state index in [1.54, 1.807) is 12.1 Å². The van der Waals surface area contributed by atoms with Crippen LogP contribution in [-0.2, 0) is 16.0 Å². The van der Waals surface area contributed by atoms with Gasteiger partial charge in [-0.3, -0.25) is 9.59 Å². The Hall–Kier alpha value is -2.73. The molecule has 0 aromatic heterocycles. The lowest BCUT2D eigenvalue weighted by molar-refractivity contribution is -0.119. The number of carbonyl (C=O) groups excluding carboxylic acids is 2. The molecule has 0 aliphatic heterocycles. The van der Waals surface area contributed by atoms with Gasteiger partial charge in [-0.05, 0) is 42.4 Å². The van der Waals surface area contributed by atoms with Crippen LogP contribution in [0.15, 0.2) is 54.6 Å². The number of unbranched alkanes of at least 4 members (excludes halogenated alkanes) is 1. The van der Waals surface area contributed by atoms with Gasteiger partial charge in [0.2, 0.25) is 11.8 Å². The van der Waals surface area contributed by atoms with E-state index in [0.29, 0.717) is 24.2 Å². The van der Waals surface area contributed by atoms with Gasteiger partial charge in [0, 0.05) is 17.8 Å². The lowest BCUT2D eigenvalue weighted by atomic mass is 10.1. The quantitative estimate of drug-likeness (QED) is 0.648. The number of benzene rings is 2. The third-order valence-corrected chi connectivity index (χ3v) is 3.83. The van der Waals surface area contributed by atoms with Gasteiger partial charge in [0.15, 0.2) is 5.11 Å². The molecule has 0 saturated heterocycles. The van der Waals surface area contributed by atoms with Gasteiger partial charge < -0.3 is 16.0 Å². The van der Waals surface area contributed by atoms with Crippen molar-refractivity contribution in [2.75, 3.05) is 10.6 Å². The minimum atomic E-state index is -0.100. The fourth-order valence-electron chi connectivity index (χ4n) is 2.35. The van der Waals surface area contributed by atoms with Gasteiger partial charge in [0.1, 0.15) is 0 Å². The highest BCUT2D eigenvalue weighted by Gasteiger charge is 2.07. The number of amides is 2. The predicted molar refractivity (Wildman–Crippen MR) is 109 cm³/mol. The second-order valence-electron chi connectivity index (χ2n) is 5.90. The molecule has 136 valence electrons. The molecule has 0 radical (unpaired) electrons. The second kappa shape index (κ2) is 10.3. The Kier molecular flexibility index (Phi) is 7.76. The van der Waals surface area contributed by atoms with E-state index in [1.807, 2.05) is 49.4 Å². The molecule has 0 atom stereocenters. The molecule has 0 aliphatic rings. The molecule has 0 fully saturated rings. The summed E-state index contributed by atoms with van der Waals surface area (Å²) in [7, 11) is 0. The van der Waals surface area contributed by atoms with E-state index in [2.05, 4.69) is 16.0 Å². The Bertz CT molecular complexity index is 763. The minimum absolute atomic E-state index is 0.0937. The molecule has 2 aromatic rings. The molecule has 0 spiro atoms. The molecule has 2 aromatic carbocycles. The molecule has 6 heteroatoms. The number of nitrogens with one attached hydrogen (secondary N) is 3. The monoisotopic (exact) mass is 369 g/mol. The van der Waals surface area contributed by atoms with Crippen molar-refractivity contribution in [2.24, 2.45) is 0 Å². The highest BCUT2D eigenvalue weighted by Crippen LogP contribution is 2.15. The van der Waals surface area contributed by atoms with Crippen LogP contribution < -0.4 is 16.0 Å². The summed E-state index contributed by atoms with van der Waals surface area (Å²) < 4.78 is 0. The van der Waals surface area contributed by atoms with Crippen LogP contribution in [0, 0.1) is 0 Å². The number of hydrogen-bond donors (Lipinski definition) is 3. The summed E-state index contributed by atoms with van der Waals surface area (Å²) in [5.74, 6) is -0.194. The molecule has 0 bridgehead atoms. The zero-order valence-corrected chi connectivity index (χ0v) is 15.6. The van der Waals surface area contributed by atoms with Gasteiger partial charge in [-0.1, -0.05) is 49.7 Å². The van der Waals surface area contributed by atoms with E-state index in [4.69, 9.17) is 12.2 Å². The summed E-state index contributed by atoms with van der Waals surface area (Å²) in [6.07, 6.45) is 2.55. The van der Waals surface area contributed by atoms with Crippen LogP contribution in [0.1, 0.15) is 31.7 Å². The molecule has 0 heterocycles. The van der Waals surface area contributed by atoms with Gasteiger partial charge in [0.05, 0.1) is 6.42 Å². The molecule has 2 amide bonds. The van der Waals surface area contributed by atoms with Gasteiger partial charge in [-0.15, -0.1) is 0 Å². The zero-order chi connectivity index (χ0) is 18.8. The van der Waals surface area contributed by atoms with Crippen molar-refractivity contribution in [3.8, 4) is 0 Å². The van der Waals surface area contributed by atoms with Crippen molar-refractivity contribution in [1.82, 2.24) is 5.32 Å². The third kappa shape index (κ3) is 7.03. The lowest BCUT2D eigenvalue weighted by Crippen LogP contribution is -2.33. The summed E-state index contributed by atoms with van der Waals surface area (Å²) >= 11 is 5.15. The summed E-state index contributed by atoms with van der Waals surface area (Å²) in [4.78, 5) is 23.8. The van der Waals surface area contributed by atoms with Crippen LogP contribution in [0.5, 0.6) is 0 Å². The van der Waals surface area contributed by atoms with Crippen LogP contribution in [0.3, 0.4) is 0 Å². The smallest absolute Gasteiger partial charge is 0.228 e. The fraction of sp³-hybridized carbons (Fsp3) is 0.250. The summed E-state index contributed by atoms with van der Waals surface area (Å²) in [6.45, 7) is 2.03. The first-order valence-electron chi connectivity index (χ1n) is 8.61. The Morgan fingerprint density at radius 1 is 0.923 bits per heavy atom. The van der Waals surface area contributed by atoms with Gasteiger partial charge in [0.25, 0.3) is 0 Å². The summed E-state index contributed by atoms with van der Waals surface area (Å²) in [5.41, 5.74) is 2.31. The first-order chi connectivity index (χ1) is 12.6. The maximum absolute atomic E-state index is 12.1. The molecule has 0 unspecified atom stereocenters. The van der Waals surface area contributed by atoms with Crippen molar-refractivity contribution >= 4 is 40.5 Å². The number of carbonyl (C=O) groups is 2. The second-order valence-corrected chi connectivity index (χ2v) is 6.31. The van der Waals surface area contributed by atoms with E-state index in [1.165, 1.54) is 0 Å². The molecule has 26 heavy (non-hydrogen) atoms. The standard InChI is InChI=1S/C20H23N3O2S/c1-2-3-12-18(24)23-20(26)22-17-11-7-10-16(14-17)21-19(25)13-15-8-5-4-6-9-15/h4-11,14H,2-3,12-13H2,1H3,(H,21,25)(H2,22,23,24,26).